The number of nitrogens with zero attached hydrogens (tertiary/aromatic N) is 3. The number of hydrogen-bond acceptors (Lipinski definition) is 8. The first kappa shape index (κ1) is 19.7. The number of thiophene rings is 1. The SMILES string of the molecule is COc1ccc(-c2noc(CCC(=O)Nc3nc(-c4ccc(Br)s4)cs3)n2)cc1. The van der Waals surface area contributed by atoms with E-state index in [4.69, 9.17) is 9.26 Å². The van der Waals surface area contributed by atoms with Crippen LogP contribution >= 0.6 is 38.6 Å². The van der Waals surface area contributed by atoms with Crippen LogP contribution in [0.4, 0.5) is 5.13 Å². The summed E-state index contributed by atoms with van der Waals surface area (Å²) < 4.78 is 11.4. The van der Waals surface area contributed by atoms with Gasteiger partial charge in [0.2, 0.25) is 17.6 Å². The molecule has 0 spiro atoms. The highest BCUT2D eigenvalue weighted by atomic mass is 79.9. The zero-order chi connectivity index (χ0) is 20.2. The van der Waals surface area contributed by atoms with Gasteiger partial charge in [0.25, 0.3) is 0 Å². The van der Waals surface area contributed by atoms with Crippen LogP contribution in [0.15, 0.2) is 50.1 Å². The summed E-state index contributed by atoms with van der Waals surface area (Å²) in [6, 6.07) is 11.3. The molecule has 148 valence electrons. The molecule has 0 aliphatic rings. The number of carbonyl (C=O) groups excluding carboxylic acids is 1. The van der Waals surface area contributed by atoms with Gasteiger partial charge in [-0.15, -0.1) is 22.7 Å². The average molecular weight is 491 g/mol. The van der Waals surface area contributed by atoms with E-state index in [2.05, 4.69) is 36.4 Å². The number of ether oxygens (including phenoxy) is 1. The molecule has 0 saturated heterocycles. The third kappa shape index (κ3) is 4.89. The van der Waals surface area contributed by atoms with Crippen LogP contribution in [0.2, 0.25) is 0 Å². The van der Waals surface area contributed by atoms with Crippen molar-refractivity contribution in [2.24, 2.45) is 0 Å². The fourth-order valence-electron chi connectivity index (χ4n) is 2.51. The summed E-state index contributed by atoms with van der Waals surface area (Å²) in [5.74, 6) is 1.50. The molecule has 0 bridgehead atoms. The van der Waals surface area contributed by atoms with E-state index in [1.807, 2.05) is 41.8 Å². The number of halogens is 1. The third-order valence-electron chi connectivity index (χ3n) is 3.96. The summed E-state index contributed by atoms with van der Waals surface area (Å²) >= 11 is 6.43. The highest BCUT2D eigenvalue weighted by molar-refractivity contribution is 9.11. The topological polar surface area (TPSA) is 90.1 Å². The number of aromatic nitrogens is 3. The van der Waals surface area contributed by atoms with Gasteiger partial charge >= 0.3 is 0 Å². The lowest BCUT2D eigenvalue weighted by Gasteiger charge is -1.99. The Balaban J connectivity index is 1.32. The fourth-order valence-corrected chi connectivity index (χ4v) is 4.66. The van der Waals surface area contributed by atoms with E-state index >= 15 is 0 Å². The van der Waals surface area contributed by atoms with Crippen molar-refractivity contribution < 1.29 is 14.1 Å². The molecule has 0 fully saturated rings. The number of anilines is 1. The van der Waals surface area contributed by atoms with Crippen LogP contribution in [0, 0.1) is 0 Å². The molecule has 0 aliphatic heterocycles. The van der Waals surface area contributed by atoms with E-state index in [0.29, 0.717) is 23.3 Å². The molecular formula is C19H15BrN4O3S2. The van der Waals surface area contributed by atoms with Crippen molar-refractivity contribution >= 4 is 49.6 Å². The Morgan fingerprint density at radius 3 is 2.76 bits per heavy atom. The number of benzene rings is 1. The minimum Gasteiger partial charge on any atom is -0.497 e. The summed E-state index contributed by atoms with van der Waals surface area (Å²) in [5.41, 5.74) is 1.67. The monoisotopic (exact) mass is 490 g/mol. The number of thiazole rings is 1. The van der Waals surface area contributed by atoms with Gasteiger partial charge in [-0.1, -0.05) is 5.16 Å². The Morgan fingerprint density at radius 1 is 1.21 bits per heavy atom. The predicted octanol–water partition coefficient (Wildman–Crippen LogP) is 5.26. The Hall–Kier alpha value is -2.56. The molecule has 4 rings (SSSR count). The lowest BCUT2D eigenvalue weighted by Crippen LogP contribution is -2.12. The zero-order valence-corrected chi connectivity index (χ0v) is 18.4. The molecule has 3 aromatic heterocycles. The van der Waals surface area contributed by atoms with Crippen molar-refractivity contribution in [1.29, 1.82) is 0 Å². The fraction of sp³-hybridized carbons (Fsp3) is 0.158. The highest BCUT2D eigenvalue weighted by Gasteiger charge is 2.13. The molecule has 0 saturated carbocycles. The van der Waals surface area contributed by atoms with E-state index in [1.165, 1.54) is 11.3 Å². The van der Waals surface area contributed by atoms with Crippen LogP contribution in [0.1, 0.15) is 12.3 Å². The molecule has 4 aromatic rings. The number of nitrogens with one attached hydrogen (secondary N) is 1. The second-order valence-electron chi connectivity index (χ2n) is 5.93. The molecule has 29 heavy (non-hydrogen) atoms. The van der Waals surface area contributed by atoms with E-state index in [1.54, 1.807) is 18.4 Å². The van der Waals surface area contributed by atoms with Gasteiger partial charge in [-0.05, 0) is 52.3 Å². The van der Waals surface area contributed by atoms with Crippen molar-refractivity contribution in [2.75, 3.05) is 12.4 Å². The molecule has 7 nitrogen and oxygen atoms in total. The third-order valence-corrected chi connectivity index (χ3v) is 6.36. The Morgan fingerprint density at radius 2 is 2.03 bits per heavy atom. The molecule has 10 heteroatoms. The van der Waals surface area contributed by atoms with Crippen molar-refractivity contribution in [3.8, 4) is 27.7 Å². The number of carbonyl (C=O) groups is 1. The number of hydrogen-bond donors (Lipinski definition) is 1. The molecule has 1 N–H and O–H groups in total. The van der Waals surface area contributed by atoms with E-state index < -0.39 is 0 Å². The first-order valence-corrected chi connectivity index (χ1v) is 11.1. The summed E-state index contributed by atoms with van der Waals surface area (Å²) in [7, 11) is 1.61. The van der Waals surface area contributed by atoms with Gasteiger partial charge in [0, 0.05) is 23.8 Å². The van der Waals surface area contributed by atoms with Crippen LogP contribution in [-0.4, -0.2) is 28.1 Å². The quantitative estimate of drug-likeness (QED) is 0.379. The van der Waals surface area contributed by atoms with Gasteiger partial charge in [0.1, 0.15) is 5.75 Å². The molecule has 0 aliphatic carbocycles. The van der Waals surface area contributed by atoms with Crippen LogP contribution in [-0.2, 0) is 11.2 Å². The number of methoxy groups -OCH3 is 1. The Bertz CT molecular complexity index is 1120. The first-order chi connectivity index (χ1) is 14.1. The predicted molar refractivity (Wildman–Crippen MR) is 116 cm³/mol. The van der Waals surface area contributed by atoms with Crippen molar-refractivity contribution in [1.82, 2.24) is 15.1 Å². The van der Waals surface area contributed by atoms with Crippen LogP contribution in [0.3, 0.4) is 0 Å². The Labute approximate surface area is 182 Å². The van der Waals surface area contributed by atoms with Gasteiger partial charge in [-0.3, -0.25) is 4.79 Å². The average Bonchev–Trinajstić information content (AvgIpc) is 3.47. The van der Waals surface area contributed by atoms with Crippen LogP contribution < -0.4 is 10.1 Å². The Kier molecular flexibility index (Phi) is 6.02. The van der Waals surface area contributed by atoms with Crippen molar-refractivity contribution in [3.05, 3.63) is 51.5 Å². The van der Waals surface area contributed by atoms with Gasteiger partial charge in [0.05, 0.1) is 21.5 Å². The molecule has 0 unspecified atom stereocenters. The van der Waals surface area contributed by atoms with Gasteiger partial charge in [0.15, 0.2) is 5.13 Å². The van der Waals surface area contributed by atoms with Crippen molar-refractivity contribution in [2.45, 2.75) is 12.8 Å². The minimum absolute atomic E-state index is 0.151. The van der Waals surface area contributed by atoms with Crippen LogP contribution in [0.5, 0.6) is 5.75 Å². The maximum atomic E-state index is 12.2. The number of amides is 1. The normalized spacial score (nSPS) is 10.8. The molecular weight excluding hydrogens is 476 g/mol. The lowest BCUT2D eigenvalue weighted by molar-refractivity contribution is -0.116. The van der Waals surface area contributed by atoms with Crippen LogP contribution in [0.25, 0.3) is 22.0 Å². The largest absolute Gasteiger partial charge is 0.497 e. The summed E-state index contributed by atoms with van der Waals surface area (Å²) in [4.78, 5) is 22.1. The maximum Gasteiger partial charge on any atom is 0.227 e. The molecule has 0 radical (unpaired) electrons. The molecule has 0 atom stereocenters. The molecule has 3 heterocycles. The summed E-state index contributed by atoms with van der Waals surface area (Å²) in [6.07, 6.45) is 0.578. The maximum absolute atomic E-state index is 12.2. The summed E-state index contributed by atoms with van der Waals surface area (Å²) in [6.45, 7) is 0. The van der Waals surface area contributed by atoms with Gasteiger partial charge in [-0.2, -0.15) is 4.98 Å². The molecule has 1 amide bonds. The van der Waals surface area contributed by atoms with E-state index in [0.717, 1.165) is 25.7 Å². The first-order valence-electron chi connectivity index (χ1n) is 8.59. The highest BCUT2D eigenvalue weighted by Crippen LogP contribution is 2.33. The van der Waals surface area contributed by atoms with E-state index in [-0.39, 0.29) is 12.3 Å². The minimum atomic E-state index is -0.151. The number of rotatable bonds is 7. The smallest absolute Gasteiger partial charge is 0.227 e. The van der Waals surface area contributed by atoms with Gasteiger partial charge in [-0.25, -0.2) is 4.98 Å². The lowest BCUT2D eigenvalue weighted by atomic mass is 10.2. The molecule has 1 aromatic carbocycles. The number of aryl methyl sites for hydroxylation is 1. The standard InChI is InChI=1S/C19H15BrN4O3S2/c1-26-12-4-2-11(3-5-12)18-23-17(27-24-18)9-8-16(25)22-19-21-13(10-28-19)14-6-7-15(20)29-14/h2-7,10H,8-9H2,1H3,(H,21,22,25). The summed E-state index contributed by atoms with van der Waals surface area (Å²) in [5, 5.41) is 9.28. The van der Waals surface area contributed by atoms with E-state index in [9.17, 15) is 4.79 Å². The second-order valence-corrected chi connectivity index (χ2v) is 9.25. The zero-order valence-electron chi connectivity index (χ0n) is 15.2. The van der Waals surface area contributed by atoms with Crippen molar-refractivity contribution in [3.63, 3.8) is 0 Å². The second kappa shape index (κ2) is 8.85. The van der Waals surface area contributed by atoms with Gasteiger partial charge < -0.3 is 14.6 Å².